The molecule has 1 aromatic rings. The van der Waals surface area contributed by atoms with Gasteiger partial charge in [-0.25, -0.2) is 0 Å². The van der Waals surface area contributed by atoms with E-state index >= 15 is 0 Å². The third-order valence-electron chi connectivity index (χ3n) is 4.60. The number of hydrogen-bond acceptors (Lipinski definition) is 6. The number of amides is 2. The summed E-state index contributed by atoms with van der Waals surface area (Å²) in [5, 5.41) is 12.0. The summed E-state index contributed by atoms with van der Waals surface area (Å²) >= 11 is 0. The van der Waals surface area contributed by atoms with Crippen molar-refractivity contribution in [3.63, 3.8) is 0 Å². The van der Waals surface area contributed by atoms with E-state index in [0.29, 0.717) is 25.1 Å². The van der Waals surface area contributed by atoms with Crippen molar-refractivity contribution >= 4 is 17.8 Å². The Hall–Kier alpha value is -2.61. The number of aliphatic imine (C=N–C) groups is 1. The van der Waals surface area contributed by atoms with Crippen molar-refractivity contribution in [1.29, 1.82) is 0 Å². The van der Waals surface area contributed by atoms with E-state index in [4.69, 9.17) is 5.73 Å². The SMILES string of the molecule is CCc1ccccc1C(=O)NCCNC(=O)[C@@H](N)CCCCNC1=NCCN1. The molecule has 0 radical (unpaired) electrons. The molecule has 154 valence electrons. The zero-order chi connectivity index (χ0) is 20.2. The molecule has 0 aromatic heterocycles. The summed E-state index contributed by atoms with van der Waals surface area (Å²) in [7, 11) is 0. The highest BCUT2D eigenvalue weighted by molar-refractivity contribution is 5.95. The van der Waals surface area contributed by atoms with Gasteiger partial charge < -0.3 is 27.0 Å². The average molecular weight is 389 g/mol. The maximum absolute atomic E-state index is 12.2. The standard InChI is InChI=1S/C20H32N6O2/c1-2-15-7-3-4-8-16(15)18(27)22-11-12-23-19(28)17(21)9-5-6-10-24-20-25-13-14-26-20/h3-4,7-8,17H,2,5-6,9-14,21H2,1H3,(H,22,27)(H,23,28)(H2,24,25,26)/t17-/m0/s1. The number of carbonyl (C=O) groups excluding carboxylic acids is 2. The van der Waals surface area contributed by atoms with Crippen molar-refractivity contribution in [3.8, 4) is 0 Å². The molecule has 0 bridgehead atoms. The Labute approximate surface area is 166 Å². The van der Waals surface area contributed by atoms with Gasteiger partial charge in [0, 0.05) is 31.7 Å². The van der Waals surface area contributed by atoms with Gasteiger partial charge in [0.1, 0.15) is 0 Å². The van der Waals surface area contributed by atoms with E-state index in [2.05, 4.69) is 26.3 Å². The maximum Gasteiger partial charge on any atom is 0.251 e. The third-order valence-corrected chi connectivity index (χ3v) is 4.60. The first-order chi connectivity index (χ1) is 13.6. The summed E-state index contributed by atoms with van der Waals surface area (Å²) < 4.78 is 0. The van der Waals surface area contributed by atoms with Crippen LogP contribution in [-0.4, -0.2) is 56.5 Å². The maximum atomic E-state index is 12.2. The van der Waals surface area contributed by atoms with E-state index < -0.39 is 6.04 Å². The lowest BCUT2D eigenvalue weighted by atomic mass is 10.0. The molecule has 1 atom stereocenters. The van der Waals surface area contributed by atoms with Crippen LogP contribution in [0.25, 0.3) is 0 Å². The Morgan fingerprint density at radius 2 is 1.96 bits per heavy atom. The molecule has 2 amide bonds. The van der Waals surface area contributed by atoms with E-state index in [1.54, 1.807) is 0 Å². The van der Waals surface area contributed by atoms with Crippen LogP contribution in [0.15, 0.2) is 29.3 Å². The fourth-order valence-electron chi connectivity index (χ4n) is 2.98. The molecular formula is C20H32N6O2. The lowest BCUT2D eigenvalue weighted by molar-refractivity contribution is -0.122. The number of aryl methyl sites for hydroxylation is 1. The lowest BCUT2D eigenvalue weighted by Gasteiger charge is -2.13. The van der Waals surface area contributed by atoms with Crippen LogP contribution < -0.4 is 27.0 Å². The number of hydrogen-bond donors (Lipinski definition) is 5. The van der Waals surface area contributed by atoms with E-state index in [0.717, 1.165) is 50.4 Å². The Kier molecular flexibility index (Phi) is 9.27. The topological polar surface area (TPSA) is 121 Å². The summed E-state index contributed by atoms with van der Waals surface area (Å²) in [6.45, 7) is 5.26. The summed E-state index contributed by atoms with van der Waals surface area (Å²) in [5.74, 6) is 0.550. The van der Waals surface area contributed by atoms with Gasteiger partial charge in [-0.3, -0.25) is 14.6 Å². The number of guanidine groups is 1. The first-order valence-electron chi connectivity index (χ1n) is 10.0. The molecule has 1 aliphatic heterocycles. The molecular weight excluding hydrogens is 356 g/mol. The Morgan fingerprint density at radius 1 is 1.18 bits per heavy atom. The third kappa shape index (κ3) is 7.19. The molecule has 0 saturated carbocycles. The molecule has 0 aliphatic carbocycles. The minimum Gasteiger partial charge on any atom is -0.356 e. The second-order valence-electron chi connectivity index (χ2n) is 6.74. The number of benzene rings is 1. The smallest absolute Gasteiger partial charge is 0.251 e. The predicted molar refractivity (Wildman–Crippen MR) is 111 cm³/mol. The van der Waals surface area contributed by atoms with Crippen LogP contribution in [-0.2, 0) is 11.2 Å². The predicted octanol–water partition coefficient (Wildman–Crippen LogP) is 0.141. The number of rotatable bonds is 11. The lowest BCUT2D eigenvalue weighted by Crippen LogP contribution is -2.43. The number of nitrogens with two attached hydrogens (primary N) is 1. The van der Waals surface area contributed by atoms with Crippen LogP contribution in [0.5, 0.6) is 0 Å². The average Bonchev–Trinajstić information content (AvgIpc) is 3.23. The number of carbonyl (C=O) groups is 2. The zero-order valence-corrected chi connectivity index (χ0v) is 16.6. The molecule has 1 heterocycles. The Balaban J connectivity index is 1.55. The molecule has 0 saturated heterocycles. The summed E-state index contributed by atoms with van der Waals surface area (Å²) in [4.78, 5) is 28.5. The van der Waals surface area contributed by atoms with Crippen LogP contribution in [0.2, 0.25) is 0 Å². The molecule has 8 heteroatoms. The fraction of sp³-hybridized carbons (Fsp3) is 0.550. The van der Waals surface area contributed by atoms with Crippen LogP contribution in [0, 0.1) is 0 Å². The molecule has 28 heavy (non-hydrogen) atoms. The van der Waals surface area contributed by atoms with Crippen LogP contribution >= 0.6 is 0 Å². The highest BCUT2D eigenvalue weighted by Crippen LogP contribution is 2.08. The highest BCUT2D eigenvalue weighted by atomic mass is 16.2. The fourth-order valence-corrected chi connectivity index (χ4v) is 2.98. The summed E-state index contributed by atoms with van der Waals surface area (Å²) in [5.41, 5.74) is 7.63. The molecule has 2 rings (SSSR count). The van der Waals surface area contributed by atoms with E-state index in [9.17, 15) is 9.59 Å². The van der Waals surface area contributed by atoms with Gasteiger partial charge in [0.2, 0.25) is 5.91 Å². The molecule has 0 fully saturated rings. The summed E-state index contributed by atoms with van der Waals surface area (Å²) in [6.07, 6.45) is 3.22. The van der Waals surface area contributed by atoms with Crippen molar-refractivity contribution in [2.45, 2.75) is 38.6 Å². The quantitative estimate of drug-likeness (QED) is 0.345. The monoisotopic (exact) mass is 388 g/mol. The van der Waals surface area contributed by atoms with Crippen molar-refractivity contribution in [3.05, 3.63) is 35.4 Å². The van der Waals surface area contributed by atoms with Gasteiger partial charge in [0.25, 0.3) is 5.91 Å². The zero-order valence-electron chi connectivity index (χ0n) is 16.6. The van der Waals surface area contributed by atoms with Crippen LogP contribution in [0.4, 0.5) is 0 Å². The van der Waals surface area contributed by atoms with Gasteiger partial charge in [0.15, 0.2) is 5.96 Å². The second kappa shape index (κ2) is 12.0. The van der Waals surface area contributed by atoms with Gasteiger partial charge in [-0.15, -0.1) is 0 Å². The van der Waals surface area contributed by atoms with Crippen molar-refractivity contribution in [1.82, 2.24) is 21.3 Å². The largest absolute Gasteiger partial charge is 0.356 e. The van der Waals surface area contributed by atoms with Gasteiger partial charge in [0.05, 0.1) is 12.6 Å². The summed E-state index contributed by atoms with van der Waals surface area (Å²) in [6, 6.07) is 7.00. The molecule has 8 nitrogen and oxygen atoms in total. The molecule has 0 spiro atoms. The van der Waals surface area contributed by atoms with Gasteiger partial charge in [-0.1, -0.05) is 25.1 Å². The van der Waals surface area contributed by atoms with E-state index in [-0.39, 0.29) is 11.8 Å². The molecule has 1 aromatic carbocycles. The number of nitrogens with zero attached hydrogens (tertiary/aromatic N) is 1. The minimum atomic E-state index is -0.529. The molecule has 1 aliphatic rings. The van der Waals surface area contributed by atoms with E-state index in [1.165, 1.54) is 0 Å². The molecule has 6 N–H and O–H groups in total. The first-order valence-corrected chi connectivity index (χ1v) is 10.0. The van der Waals surface area contributed by atoms with Crippen molar-refractivity contribution < 1.29 is 9.59 Å². The molecule has 0 unspecified atom stereocenters. The number of unbranched alkanes of at least 4 members (excludes halogenated alkanes) is 1. The van der Waals surface area contributed by atoms with E-state index in [1.807, 2.05) is 31.2 Å². The Bertz CT molecular complexity index is 676. The normalized spacial score (nSPS) is 14.0. The van der Waals surface area contributed by atoms with Crippen molar-refractivity contribution in [2.24, 2.45) is 10.7 Å². The van der Waals surface area contributed by atoms with Gasteiger partial charge in [-0.2, -0.15) is 0 Å². The first kappa shape index (κ1) is 21.7. The minimum absolute atomic E-state index is 0.121. The van der Waals surface area contributed by atoms with Crippen LogP contribution in [0.3, 0.4) is 0 Å². The van der Waals surface area contributed by atoms with Crippen molar-refractivity contribution in [2.75, 3.05) is 32.7 Å². The van der Waals surface area contributed by atoms with Gasteiger partial charge >= 0.3 is 0 Å². The van der Waals surface area contributed by atoms with Gasteiger partial charge in [-0.05, 0) is 37.3 Å². The van der Waals surface area contributed by atoms with Crippen LogP contribution in [0.1, 0.15) is 42.1 Å². The number of nitrogens with one attached hydrogen (secondary N) is 4. The highest BCUT2D eigenvalue weighted by Gasteiger charge is 2.13. The second-order valence-corrected chi connectivity index (χ2v) is 6.74. The Morgan fingerprint density at radius 3 is 2.71 bits per heavy atom.